The van der Waals surface area contributed by atoms with E-state index in [0.29, 0.717) is 28.7 Å². The van der Waals surface area contributed by atoms with Crippen LogP contribution in [0.5, 0.6) is 0 Å². The Bertz CT molecular complexity index is 556. The van der Waals surface area contributed by atoms with Gasteiger partial charge in [0, 0.05) is 23.7 Å². The summed E-state index contributed by atoms with van der Waals surface area (Å²) in [7, 11) is 0. The topological polar surface area (TPSA) is 51.1 Å². The number of benzene rings is 1. The monoisotopic (exact) mass is 344 g/mol. The number of ether oxygens (including phenoxy) is 1. The van der Waals surface area contributed by atoms with Crippen molar-refractivity contribution in [2.24, 2.45) is 5.16 Å². The summed E-state index contributed by atoms with van der Waals surface area (Å²) in [5.74, 6) is -0.110. The molecule has 0 bridgehead atoms. The first-order valence-corrected chi connectivity index (χ1v) is 7.75. The Balaban J connectivity index is 1.82. The average molecular weight is 345 g/mol. The highest BCUT2D eigenvalue weighted by atomic mass is 35.5. The van der Waals surface area contributed by atoms with E-state index in [1.807, 2.05) is 13.8 Å². The lowest BCUT2D eigenvalue weighted by Gasteiger charge is -2.34. The minimum Gasteiger partial charge on any atom is -0.386 e. The minimum atomic E-state index is -0.110. The number of hydrogen-bond donors (Lipinski definition) is 0. The molecule has 1 heterocycles. The molecule has 0 radical (unpaired) electrons. The van der Waals surface area contributed by atoms with E-state index in [2.05, 4.69) is 5.16 Å². The fraction of sp³-hybridized carbons (Fsp3) is 0.467. The van der Waals surface area contributed by atoms with E-state index in [0.717, 1.165) is 0 Å². The number of rotatable bonds is 4. The normalized spacial score (nSPS) is 22.1. The van der Waals surface area contributed by atoms with Crippen molar-refractivity contribution in [1.82, 2.24) is 4.90 Å². The zero-order chi connectivity index (χ0) is 16.1. The SMILES string of the molecule is C[C@@H]1CN(C(=O)CO/N=C\c2ccc(Cl)cc2Cl)C[C@@H](C)O1. The van der Waals surface area contributed by atoms with E-state index in [1.165, 1.54) is 6.21 Å². The fourth-order valence-electron chi connectivity index (χ4n) is 2.27. The zero-order valence-electron chi connectivity index (χ0n) is 12.5. The lowest BCUT2D eigenvalue weighted by Crippen LogP contribution is -2.49. The molecule has 1 amide bonds. The van der Waals surface area contributed by atoms with Crippen LogP contribution in [-0.2, 0) is 14.4 Å². The summed E-state index contributed by atoms with van der Waals surface area (Å²) < 4.78 is 5.58. The van der Waals surface area contributed by atoms with E-state index in [-0.39, 0.29) is 24.7 Å². The van der Waals surface area contributed by atoms with Crippen LogP contribution in [0.3, 0.4) is 0 Å². The van der Waals surface area contributed by atoms with E-state index >= 15 is 0 Å². The predicted octanol–water partition coefficient (Wildman–Crippen LogP) is 2.98. The van der Waals surface area contributed by atoms with Crippen molar-refractivity contribution in [2.45, 2.75) is 26.1 Å². The van der Waals surface area contributed by atoms with Crippen molar-refractivity contribution in [2.75, 3.05) is 19.7 Å². The number of carbonyl (C=O) groups is 1. The summed E-state index contributed by atoms with van der Waals surface area (Å²) in [4.78, 5) is 18.8. The standard InChI is InChI=1S/C15H18Cl2N2O3/c1-10-7-19(8-11(2)22-10)15(20)9-21-18-6-12-3-4-13(16)5-14(12)17/h3-6,10-11H,7-9H2,1-2H3/b18-6-/t10-,11-/m1/s1. The van der Waals surface area contributed by atoms with Gasteiger partial charge in [0.2, 0.25) is 0 Å². The lowest BCUT2D eigenvalue weighted by atomic mass is 10.2. The second-order valence-electron chi connectivity index (χ2n) is 5.23. The molecule has 1 saturated heterocycles. The van der Waals surface area contributed by atoms with Gasteiger partial charge in [0.15, 0.2) is 6.61 Å². The number of morpholine rings is 1. The predicted molar refractivity (Wildman–Crippen MR) is 86.6 cm³/mol. The molecule has 0 unspecified atom stereocenters. The second kappa shape index (κ2) is 7.81. The molecular weight excluding hydrogens is 327 g/mol. The number of oxime groups is 1. The van der Waals surface area contributed by atoms with Gasteiger partial charge in [-0.3, -0.25) is 4.79 Å². The van der Waals surface area contributed by atoms with Crippen molar-refractivity contribution < 1.29 is 14.4 Å². The molecule has 22 heavy (non-hydrogen) atoms. The molecule has 1 fully saturated rings. The smallest absolute Gasteiger partial charge is 0.263 e. The van der Waals surface area contributed by atoms with Crippen molar-refractivity contribution in [3.8, 4) is 0 Å². The Hall–Kier alpha value is -1.30. The van der Waals surface area contributed by atoms with Crippen molar-refractivity contribution in [3.63, 3.8) is 0 Å². The van der Waals surface area contributed by atoms with Crippen molar-refractivity contribution in [1.29, 1.82) is 0 Å². The van der Waals surface area contributed by atoms with Crippen LogP contribution in [0, 0.1) is 0 Å². The summed E-state index contributed by atoms with van der Waals surface area (Å²) in [6, 6.07) is 5.05. The second-order valence-corrected chi connectivity index (χ2v) is 6.07. The fourth-order valence-corrected chi connectivity index (χ4v) is 2.72. The molecule has 1 aliphatic heterocycles. The quantitative estimate of drug-likeness (QED) is 0.623. The summed E-state index contributed by atoms with van der Waals surface area (Å²) in [5.41, 5.74) is 0.673. The molecule has 1 aromatic rings. The van der Waals surface area contributed by atoms with Crippen LogP contribution < -0.4 is 0 Å². The van der Waals surface area contributed by atoms with Gasteiger partial charge in [0.25, 0.3) is 5.91 Å². The molecule has 5 nitrogen and oxygen atoms in total. The largest absolute Gasteiger partial charge is 0.386 e. The van der Waals surface area contributed by atoms with Gasteiger partial charge in [0.05, 0.1) is 23.4 Å². The molecule has 2 atom stereocenters. The molecule has 2 rings (SSSR count). The van der Waals surface area contributed by atoms with Gasteiger partial charge in [-0.05, 0) is 26.0 Å². The highest BCUT2D eigenvalue weighted by Crippen LogP contribution is 2.19. The van der Waals surface area contributed by atoms with E-state index in [4.69, 9.17) is 32.8 Å². The molecule has 0 aromatic heterocycles. The van der Waals surface area contributed by atoms with Gasteiger partial charge >= 0.3 is 0 Å². The molecule has 120 valence electrons. The van der Waals surface area contributed by atoms with E-state index < -0.39 is 0 Å². The Kier molecular flexibility index (Phi) is 6.06. The molecule has 0 N–H and O–H groups in total. The van der Waals surface area contributed by atoms with Crippen LogP contribution in [0.1, 0.15) is 19.4 Å². The number of halogens is 2. The molecular formula is C15H18Cl2N2O3. The summed E-state index contributed by atoms with van der Waals surface area (Å²) in [6.07, 6.45) is 1.52. The first-order valence-electron chi connectivity index (χ1n) is 6.99. The van der Waals surface area contributed by atoms with Crippen molar-refractivity contribution in [3.05, 3.63) is 33.8 Å². The maximum absolute atomic E-state index is 12.0. The van der Waals surface area contributed by atoms with Gasteiger partial charge in [-0.15, -0.1) is 0 Å². The molecule has 0 spiro atoms. The first kappa shape index (κ1) is 17.1. The Labute approximate surface area is 139 Å². The third-order valence-electron chi connectivity index (χ3n) is 3.19. The van der Waals surface area contributed by atoms with Crippen LogP contribution in [0.4, 0.5) is 0 Å². The Morgan fingerprint density at radius 2 is 2.09 bits per heavy atom. The summed E-state index contributed by atoms with van der Waals surface area (Å²) in [5, 5.41) is 4.80. The third kappa shape index (κ3) is 4.87. The molecule has 7 heteroatoms. The van der Waals surface area contributed by atoms with Gasteiger partial charge < -0.3 is 14.5 Å². The Morgan fingerprint density at radius 1 is 1.41 bits per heavy atom. The van der Waals surface area contributed by atoms with Crippen LogP contribution in [0.2, 0.25) is 10.0 Å². The number of hydrogen-bond acceptors (Lipinski definition) is 4. The van der Waals surface area contributed by atoms with E-state index in [1.54, 1.807) is 23.1 Å². The summed E-state index contributed by atoms with van der Waals surface area (Å²) in [6.45, 7) is 4.91. The van der Waals surface area contributed by atoms with Gasteiger partial charge in [-0.25, -0.2) is 0 Å². The van der Waals surface area contributed by atoms with E-state index in [9.17, 15) is 4.79 Å². The first-order chi connectivity index (χ1) is 10.5. The molecule has 1 aromatic carbocycles. The zero-order valence-corrected chi connectivity index (χ0v) is 14.0. The molecule has 0 saturated carbocycles. The van der Waals surface area contributed by atoms with Gasteiger partial charge in [0.1, 0.15) is 0 Å². The third-order valence-corrected chi connectivity index (χ3v) is 3.75. The van der Waals surface area contributed by atoms with Gasteiger partial charge in [-0.2, -0.15) is 0 Å². The van der Waals surface area contributed by atoms with Crippen LogP contribution in [0.25, 0.3) is 0 Å². The number of nitrogens with zero attached hydrogens (tertiary/aromatic N) is 2. The van der Waals surface area contributed by atoms with Crippen molar-refractivity contribution >= 4 is 35.3 Å². The van der Waals surface area contributed by atoms with Crippen LogP contribution >= 0.6 is 23.2 Å². The summed E-state index contributed by atoms with van der Waals surface area (Å²) >= 11 is 11.8. The average Bonchev–Trinajstić information content (AvgIpc) is 2.44. The molecule has 1 aliphatic rings. The van der Waals surface area contributed by atoms with Crippen LogP contribution in [0.15, 0.2) is 23.4 Å². The van der Waals surface area contributed by atoms with Crippen LogP contribution in [-0.4, -0.2) is 48.9 Å². The minimum absolute atomic E-state index is 0.0316. The highest BCUT2D eigenvalue weighted by Gasteiger charge is 2.25. The van der Waals surface area contributed by atoms with Gasteiger partial charge in [-0.1, -0.05) is 34.4 Å². The Morgan fingerprint density at radius 3 is 2.73 bits per heavy atom. The molecule has 0 aliphatic carbocycles. The lowest BCUT2D eigenvalue weighted by molar-refractivity contribution is -0.147. The highest BCUT2D eigenvalue weighted by molar-refractivity contribution is 6.36. The maximum Gasteiger partial charge on any atom is 0.263 e. The number of carbonyl (C=O) groups excluding carboxylic acids is 1. The number of amides is 1. The maximum atomic E-state index is 12.0.